The van der Waals surface area contributed by atoms with Crippen molar-refractivity contribution in [2.24, 2.45) is 5.92 Å². The molecule has 114 valence electrons. The van der Waals surface area contributed by atoms with Gasteiger partial charge in [0, 0.05) is 31.4 Å². The quantitative estimate of drug-likeness (QED) is 0.844. The summed E-state index contributed by atoms with van der Waals surface area (Å²) in [5, 5.41) is 6.68. The molecule has 1 aromatic carbocycles. The Hall–Kier alpha value is -1.39. The molecule has 0 fully saturated rings. The number of nitrogens with one attached hydrogen (secondary N) is 1. The van der Waals surface area contributed by atoms with Crippen LogP contribution < -0.4 is 10.2 Å². The van der Waals surface area contributed by atoms with Gasteiger partial charge < -0.3 is 10.2 Å². The minimum absolute atomic E-state index is 0.316. The van der Waals surface area contributed by atoms with E-state index in [1.165, 1.54) is 5.56 Å². The van der Waals surface area contributed by atoms with Crippen molar-refractivity contribution in [1.82, 2.24) is 10.3 Å². The summed E-state index contributed by atoms with van der Waals surface area (Å²) in [6.45, 7) is 5.51. The molecule has 1 atom stereocenters. The molecule has 1 N–H and O–H groups in total. The number of aromatic nitrogens is 1. The summed E-state index contributed by atoms with van der Waals surface area (Å²) in [4.78, 5) is 7.03. The van der Waals surface area contributed by atoms with E-state index in [1.54, 1.807) is 11.3 Å². The third kappa shape index (κ3) is 4.55. The van der Waals surface area contributed by atoms with Crippen LogP contribution in [0.4, 0.5) is 5.13 Å². The smallest absolute Gasteiger partial charge is 0.185 e. The van der Waals surface area contributed by atoms with E-state index in [4.69, 9.17) is 4.98 Å². The van der Waals surface area contributed by atoms with Gasteiger partial charge in [-0.05, 0) is 18.5 Å². The van der Waals surface area contributed by atoms with E-state index in [2.05, 4.69) is 66.8 Å². The highest BCUT2D eigenvalue weighted by atomic mass is 32.1. The van der Waals surface area contributed by atoms with Gasteiger partial charge >= 0.3 is 0 Å². The zero-order chi connectivity index (χ0) is 15.2. The number of thiazole rings is 1. The van der Waals surface area contributed by atoms with Gasteiger partial charge in [0.15, 0.2) is 5.13 Å². The zero-order valence-electron chi connectivity index (χ0n) is 13.3. The van der Waals surface area contributed by atoms with Gasteiger partial charge in [-0.3, -0.25) is 0 Å². The molecular weight excluding hydrogens is 278 g/mol. The van der Waals surface area contributed by atoms with Crippen molar-refractivity contribution in [3.63, 3.8) is 0 Å². The second kappa shape index (κ2) is 7.57. The number of likely N-dealkylation sites (N-methyl/N-ethyl adjacent to an activating group) is 1. The normalized spacial score (nSPS) is 12.6. The van der Waals surface area contributed by atoms with E-state index in [-0.39, 0.29) is 0 Å². The lowest BCUT2D eigenvalue weighted by molar-refractivity contribution is 0.585. The number of nitrogens with zero attached hydrogens (tertiary/aromatic N) is 2. The molecule has 0 saturated heterocycles. The number of benzene rings is 1. The second-order valence-corrected chi connectivity index (χ2v) is 6.69. The fraction of sp³-hybridized carbons (Fsp3) is 0.471. The molecule has 3 nitrogen and oxygen atoms in total. The van der Waals surface area contributed by atoms with Crippen LogP contribution in [-0.4, -0.2) is 25.6 Å². The monoisotopic (exact) mass is 303 g/mol. The highest BCUT2D eigenvalue weighted by Crippen LogP contribution is 2.24. The summed E-state index contributed by atoms with van der Waals surface area (Å²) in [5.74, 6) is 0.650. The number of anilines is 1. The van der Waals surface area contributed by atoms with Crippen molar-refractivity contribution in [2.75, 3.05) is 25.5 Å². The molecule has 0 radical (unpaired) electrons. The van der Waals surface area contributed by atoms with Gasteiger partial charge in [0.25, 0.3) is 0 Å². The van der Waals surface area contributed by atoms with Crippen LogP contribution in [0.3, 0.4) is 0 Å². The maximum atomic E-state index is 4.78. The van der Waals surface area contributed by atoms with E-state index < -0.39 is 0 Å². The Labute approximate surface area is 132 Å². The molecule has 1 aromatic heterocycles. The minimum atomic E-state index is 0.316. The highest BCUT2D eigenvalue weighted by molar-refractivity contribution is 7.13. The maximum Gasteiger partial charge on any atom is 0.185 e. The fourth-order valence-corrected chi connectivity index (χ4v) is 3.29. The highest BCUT2D eigenvalue weighted by Gasteiger charge is 2.14. The van der Waals surface area contributed by atoms with E-state index in [0.29, 0.717) is 12.0 Å². The zero-order valence-corrected chi connectivity index (χ0v) is 14.2. The Kier molecular flexibility index (Phi) is 5.76. The van der Waals surface area contributed by atoms with Crippen LogP contribution in [-0.2, 0) is 6.42 Å². The Morgan fingerprint density at radius 1 is 1.24 bits per heavy atom. The van der Waals surface area contributed by atoms with Crippen molar-refractivity contribution >= 4 is 16.5 Å². The Bertz CT molecular complexity index is 536. The summed E-state index contributed by atoms with van der Waals surface area (Å²) < 4.78 is 0. The van der Waals surface area contributed by atoms with Crippen molar-refractivity contribution in [3.8, 4) is 0 Å². The average molecular weight is 303 g/mol. The van der Waals surface area contributed by atoms with Gasteiger partial charge in [-0.25, -0.2) is 4.98 Å². The third-order valence-corrected chi connectivity index (χ3v) is 4.47. The van der Waals surface area contributed by atoms with Gasteiger partial charge in [-0.2, -0.15) is 0 Å². The lowest BCUT2D eigenvalue weighted by atomic mass is 10.0. The Balaban J connectivity index is 2.04. The van der Waals surface area contributed by atoms with E-state index in [0.717, 1.165) is 23.8 Å². The van der Waals surface area contributed by atoms with Crippen molar-refractivity contribution in [1.29, 1.82) is 0 Å². The molecule has 4 heteroatoms. The van der Waals surface area contributed by atoms with Gasteiger partial charge in [0.05, 0.1) is 5.69 Å². The van der Waals surface area contributed by atoms with E-state index in [9.17, 15) is 0 Å². The topological polar surface area (TPSA) is 28.2 Å². The van der Waals surface area contributed by atoms with Gasteiger partial charge in [-0.15, -0.1) is 11.3 Å². The van der Waals surface area contributed by atoms with E-state index in [1.807, 2.05) is 7.05 Å². The maximum absolute atomic E-state index is 4.78. The predicted octanol–water partition coefficient (Wildman–Crippen LogP) is 3.74. The molecule has 1 unspecified atom stereocenters. The van der Waals surface area contributed by atoms with Crippen LogP contribution >= 0.6 is 11.3 Å². The molecule has 0 amide bonds. The first-order valence-electron chi connectivity index (χ1n) is 7.48. The fourth-order valence-electron chi connectivity index (χ4n) is 2.47. The number of rotatable bonds is 7. The van der Waals surface area contributed by atoms with Crippen molar-refractivity contribution in [3.05, 3.63) is 47.0 Å². The average Bonchev–Trinajstić information content (AvgIpc) is 2.93. The second-order valence-electron chi connectivity index (χ2n) is 5.85. The molecule has 0 spiro atoms. The molecule has 2 aromatic rings. The molecule has 0 aliphatic rings. The third-order valence-electron chi connectivity index (χ3n) is 3.47. The predicted molar refractivity (Wildman–Crippen MR) is 92.2 cm³/mol. The van der Waals surface area contributed by atoms with Crippen molar-refractivity contribution in [2.45, 2.75) is 26.3 Å². The van der Waals surface area contributed by atoms with Gasteiger partial charge in [0.2, 0.25) is 0 Å². The van der Waals surface area contributed by atoms with Crippen LogP contribution in [0, 0.1) is 5.92 Å². The van der Waals surface area contributed by atoms with Crippen LogP contribution in [0.2, 0.25) is 0 Å². The number of hydrogen-bond acceptors (Lipinski definition) is 4. The Morgan fingerprint density at radius 2 is 1.95 bits per heavy atom. The van der Waals surface area contributed by atoms with Crippen LogP contribution in [0.5, 0.6) is 0 Å². The van der Waals surface area contributed by atoms with Gasteiger partial charge in [0.1, 0.15) is 0 Å². The minimum Gasteiger partial charge on any atom is -0.351 e. The summed E-state index contributed by atoms with van der Waals surface area (Å²) >= 11 is 1.73. The largest absolute Gasteiger partial charge is 0.351 e. The lowest BCUT2D eigenvalue weighted by Crippen LogP contribution is -2.22. The van der Waals surface area contributed by atoms with E-state index >= 15 is 0 Å². The van der Waals surface area contributed by atoms with Crippen molar-refractivity contribution < 1.29 is 0 Å². The van der Waals surface area contributed by atoms with Crippen LogP contribution in [0.25, 0.3) is 0 Å². The molecule has 0 aliphatic heterocycles. The summed E-state index contributed by atoms with van der Waals surface area (Å²) in [6.07, 6.45) is 0.923. The molecule has 1 heterocycles. The SMILES string of the molecule is CNC(Cc1csc(N(C)CC(C)C)n1)c1ccccc1. The number of hydrogen-bond donors (Lipinski definition) is 1. The summed E-state index contributed by atoms with van der Waals surface area (Å²) in [5.41, 5.74) is 2.47. The Morgan fingerprint density at radius 3 is 2.57 bits per heavy atom. The molecule has 0 aliphatic carbocycles. The van der Waals surface area contributed by atoms with Gasteiger partial charge in [-0.1, -0.05) is 44.2 Å². The molecule has 2 rings (SSSR count). The molecule has 0 bridgehead atoms. The van der Waals surface area contributed by atoms with Crippen LogP contribution in [0.15, 0.2) is 35.7 Å². The summed E-state index contributed by atoms with van der Waals surface area (Å²) in [6, 6.07) is 10.9. The van der Waals surface area contributed by atoms with Crippen LogP contribution in [0.1, 0.15) is 31.1 Å². The first-order valence-corrected chi connectivity index (χ1v) is 8.36. The molecule has 21 heavy (non-hydrogen) atoms. The first-order chi connectivity index (χ1) is 10.1. The summed E-state index contributed by atoms with van der Waals surface area (Å²) in [7, 11) is 4.13. The standard InChI is InChI=1S/C17H25N3S/c1-13(2)11-20(4)17-19-15(12-21-17)10-16(18-3)14-8-6-5-7-9-14/h5-9,12-13,16,18H,10-11H2,1-4H3. The molecule has 0 saturated carbocycles. The lowest BCUT2D eigenvalue weighted by Gasteiger charge is -2.18. The first kappa shape index (κ1) is 16.0. The molecular formula is C17H25N3S.